The number of hydrogen-bond acceptors (Lipinski definition) is 2. The molecule has 1 aromatic rings. The lowest BCUT2D eigenvalue weighted by molar-refractivity contribution is -0.118. The van der Waals surface area contributed by atoms with Crippen molar-refractivity contribution >= 4 is 17.4 Å². The molecule has 1 aromatic carbocycles. The molecular weight excluding hydrogens is 210 g/mol. The smallest absolute Gasteiger partial charge is 0.138 e. The van der Waals surface area contributed by atoms with Crippen LogP contribution < -0.4 is 5.32 Å². The third-order valence-corrected chi connectivity index (χ3v) is 2.70. The maximum Gasteiger partial charge on any atom is 0.138 e. The summed E-state index contributed by atoms with van der Waals surface area (Å²) in [5.41, 5.74) is 2.06. The zero-order valence-corrected chi connectivity index (χ0v) is 9.90. The topological polar surface area (TPSA) is 29.1 Å². The Balaban J connectivity index is 2.57. The summed E-state index contributed by atoms with van der Waals surface area (Å²) in [7, 11) is 1.85. The van der Waals surface area contributed by atoms with Crippen molar-refractivity contribution in [2.45, 2.75) is 19.8 Å². The number of Topliss-reactive ketones (excluding diaryl/α,β-unsaturated/α-hetero) is 1. The second-order valence-electron chi connectivity index (χ2n) is 3.65. The molecule has 0 aliphatic carbocycles. The molecule has 0 atom stereocenters. The first-order chi connectivity index (χ1) is 7.13. The minimum atomic E-state index is 0.256. The normalized spacial score (nSPS) is 10.3. The molecule has 0 aliphatic rings. The highest BCUT2D eigenvalue weighted by molar-refractivity contribution is 6.31. The van der Waals surface area contributed by atoms with E-state index < -0.39 is 0 Å². The lowest BCUT2D eigenvalue weighted by Gasteiger charge is -2.03. The molecular formula is C12H16ClNO. The highest BCUT2D eigenvalue weighted by Crippen LogP contribution is 2.16. The quantitative estimate of drug-likeness (QED) is 0.834. The van der Waals surface area contributed by atoms with Gasteiger partial charge in [-0.25, -0.2) is 0 Å². The Hall–Kier alpha value is -0.860. The Morgan fingerprint density at radius 1 is 1.47 bits per heavy atom. The van der Waals surface area contributed by atoms with E-state index in [1.807, 2.05) is 32.2 Å². The number of rotatable bonds is 5. The molecule has 0 saturated carbocycles. The van der Waals surface area contributed by atoms with Crippen molar-refractivity contribution in [1.82, 2.24) is 5.32 Å². The van der Waals surface area contributed by atoms with Gasteiger partial charge in [0, 0.05) is 24.4 Å². The number of ketones is 1. The molecule has 0 amide bonds. The van der Waals surface area contributed by atoms with Crippen LogP contribution in [0.2, 0.25) is 5.02 Å². The van der Waals surface area contributed by atoms with Gasteiger partial charge in [0.25, 0.3) is 0 Å². The molecule has 2 nitrogen and oxygen atoms in total. The van der Waals surface area contributed by atoms with Crippen molar-refractivity contribution in [2.24, 2.45) is 0 Å². The molecule has 1 N–H and O–H groups in total. The summed E-state index contributed by atoms with van der Waals surface area (Å²) in [6.07, 6.45) is 1.08. The molecule has 0 aromatic heterocycles. The molecule has 0 heterocycles. The molecule has 0 spiro atoms. The SMILES string of the molecule is CNCCC(=O)Cc1ccc(Cl)c(C)c1. The average molecular weight is 226 g/mol. The van der Waals surface area contributed by atoms with E-state index >= 15 is 0 Å². The number of aryl methyl sites for hydroxylation is 1. The third kappa shape index (κ3) is 4.02. The van der Waals surface area contributed by atoms with E-state index in [0.717, 1.165) is 22.7 Å². The van der Waals surface area contributed by atoms with E-state index in [9.17, 15) is 4.79 Å². The number of benzene rings is 1. The fourth-order valence-electron chi connectivity index (χ4n) is 1.40. The summed E-state index contributed by atoms with van der Waals surface area (Å²) < 4.78 is 0. The van der Waals surface area contributed by atoms with Crippen molar-refractivity contribution < 1.29 is 4.79 Å². The Morgan fingerprint density at radius 3 is 2.80 bits per heavy atom. The molecule has 0 bridgehead atoms. The lowest BCUT2D eigenvalue weighted by Crippen LogP contribution is -2.14. The van der Waals surface area contributed by atoms with Gasteiger partial charge in [-0.05, 0) is 31.2 Å². The molecule has 0 saturated heterocycles. The van der Waals surface area contributed by atoms with Crippen LogP contribution in [0.25, 0.3) is 0 Å². The maximum atomic E-state index is 11.5. The van der Waals surface area contributed by atoms with Crippen LogP contribution in [-0.4, -0.2) is 19.4 Å². The second-order valence-corrected chi connectivity index (χ2v) is 4.06. The van der Waals surface area contributed by atoms with Gasteiger partial charge in [-0.3, -0.25) is 4.79 Å². The summed E-state index contributed by atoms with van der Waals surface area (Å²) in [5.74, 6) is 0.256. The van der Waals surface area contributed by atoms with E-state index in [-0.39, 0.29) is 5.78 Å². The lowest BCUT2D eigenvalue weighted by atomic mass is 10.0. The van der Waals surface area contributed by atoms with Gasteiger partial charge in [-0.2, -0.15) is 0 Å². The molecule has 82 valence electrons. The van der Waals surface area contributed by atoms with Gasteiger partial charge in [0.15, 0.2) is 0 Å². The summed E-state index contributed by atoms with van der Waals surface area (Å²) in [6, 6.07) is 5.73. The van der Waals surface area contributed by atoms with Gasteiger partial charge in [-0.15, -0.1) is 0 Å². The van der Waals surface area contributed by atoms with E-state index in [2.05, 4.69) is 5.32 Å². The number of carbonyl (C=O) groups is 1. The van der Waals surface area contributed by atoms with Crippen LogP contribution in [0.15, 0.2) is 18.2 Å². The van der Waals surface area contributed by atoms with Gasteiger partial charge in [0.05, 0.1) is 0 Å². The Labute approximate surface area is 95.6 Å². The van der Waals surface area contributed by atoms with E-state index in [0.29, 0.717) is 12.8 Å². The predicted octanol–water partition coefficient (Wildman–Crippen LogP) is 2.37. The first-order valence-corrected chi connectivity index (χ1v) is 5.42. The largest absolute Gasteiger partial charge is 0.319 e. The average Bonchev–Trinajstić information content (AvgIpc) is 2.20. The van der Waals surface area contributed by atoms with Gasteiger partial charge in [-0.1, -0.05) is 23.7 Å². The molecule has 0 radical (unpaired) electrons. The van der Waals surface area contributed by atoms with Crippen LogP contribution in [0.3, 0.4) is 0 Å². The summed E-state index contributed by atoms with van der Waals surface area (Å²) in [5, 5.41) is 3.71. The Kier molecular flexibility index (Phi) is 4.79. The number of halogens is 1. The first-order valence-electron chi connectivity index (χ1n) is 5.05. The minimum Gasteiger partial charge on any atom is -0.319 e. The summed E-state index contributed by atoms with van der Waals surface area (Å²) in [4.78, 5) is 11.5. The van der Waals surface area contributed by atoms with Crippen LogP contribution in [0.5, 0.6) is 0 Å². The zero-order chi connectivity index (χ0) is 11.3. The maximum absolute atomic E-state index is 11.5. The van der Waals surface area contributed by atoms with Crippen molar-refractivity contribution in [1.29, 1.82) is 0 Å². The molecule has 0 fully saturated rings. The second kappa shape index (κ2) is 5.89. The van der Waals surface area contributed by atoms with Crippen molar-refractivity contribution in [3.8, 4) is 0 Å². The van der Waals surface area contributed by atoms with Crippen LogP contribution in [0.1, 0.15) is 17.5 Å². The molecule has 0 aliphatic heterocycles. The van der Waals surface area contributed by atoms with E-state index in [1.165, 1.54) is 0 Å². The van der Waals surface area contributed by atoms with Crippen LogP contribution in [0, 0.1) is 6.92 Å². The Bertz CT molecular complexity index is 349. The number of hydrogen-bond donors (Lipinski definition) is 1. The fourth-order valence-corrected chi connectivity index (χ4v) is 1.51. The minimum absolute atomic E-state index is 0.256. The number of nitrogens with one attached hydrogen (secondary N) is 1. The fraction of sp³-hybridized carbons (Fsp3) is 0.417. The standard InChI is InChI=1S/C12H16ClNO/c1-9-7-10(3-4-12(9)13)8-11(15)5-6-14-2/h3-4,7,14H,5-6,8H2,1-2H3. The zero-order valence-electron chi connectivity index (χ0n) is 9.14. The van der Waals surface area contributed by atoms with Crippen LogP contribution >= 0.6 is 11.6 Å². The van der Waals surface area contributed by atoms with E-state index in [4.69, 9.17) is 11.6 Å². The van der Waals surface area contributed by atoms with E-state index in [1.54, 1.807) is 0 Å². The first kappa shape index (κ1) is 12.2. The van der Waals surface area contributed by atoms with Crippen LogP contribution in [0.4, 0.5) is 0 Å². The highest BCUT2D eigenvalue weighted by atomic mass is 35.5. The Morgan fingerprint density at radius 2 is 2.20 bits per heavy atom. The molecule has 15 heavy (non-hydrogen) atoms. The third-order valence-electron chi connectivity index (χ3n) is 2.28. The monoisotopic (exact) mass is 225 g/mol. The van der Waals surface area contributed by atoms with Gasteiger partial charge in [0.2, 0.25) is 0 Å². The van der Waals surface area contributed by atoms with Crippen molar-refractivity contribution in [2.75, 3.05) is 13.6 Å². The van der Waals surface area contributed by atoms with Gasteiger partial charge in [0.1, 0.15) is 5.78 Å². The molecule has 3 heteroatoms. The summed E-state index contributed by atoms with van der Waals surface area (Å²) in [6.45, 7) is 2.69. The van der Waals surface area contributed by atoms with Crippen LogP contribution in [-0.2, 0) is 11.2 Å². The van der Waals surface area contributed by atoms with Crippen molar-refractivity contribution in [3.05, 3.63) is 34.3 Å². The van der Waals surface area contributed by atoms with Gasteiger partial charge < -0.3 is 5.32 Å². The highest BCUT2D eigenvalue weighted by Gasteiger charge is 2.04. The number of carbonyl (C=O) groups excluding carboxylic acids is 1. The van der Waals surface area contributed by atoms with Gasteiger partial charge >= 0.3 is 0 Å². The molecule has 1 rings (SSSR count). The summed E-state index contributed by atoms with van der Waals surface area (Å²) >= 11 is 5.91. The predicted molar refractivity (Wildman–Crippen MR) is 63.4 cm³/mol. The molecule has 0 unspecified atom stereocenters. The van der Waals surface area contributed by atoms with Crippen molar-refractivity contribution in [3.63, 3.8) is 0 Å².